The molecule has 1 N–H and O–H groups in total. The molecule has 0 amide bonds. The Balaban J connectivity index is 2.60. The zero-order chi connectivity index (χ0) is 9.42. The molecule has 0 saturated heterocycles. The molecule has 0 fully saturated rings. The highest BCUT2D eigenvalue weighted by molar-refractivity contribution is 6.68. The van der Waals surface area contributed by atoms with Crippen LogP contribution in [0.2, 0.25) is 5.15 Å². The lowest BCUT2D eigenvalue weighted by molar-refractivity contribution is 0.442. The van der Waals surface area contributed by atoms with E-state index in [0.717, 1.165) is 5.56 Å². The number of hydrogen-bond acceptors (Lipinski definition) is 4. The van der Waals surface area contributed by atoms with E-state index >= 15 is 0 Å². The van der Waals surface area contributed by atoms with Gasteiger partial charge in [-0.05, 0) is 11.6 Å². The summed E-state index contributed by atoms with van der Waals surface area (Å²) in [5.74, 6) is 0. The van der Waals surface area contributed by atoms with Crippen molar-refractivity contribution in [2.45, 2.75) is 0 Å². The minimum absolute atomic E-state index is 0.322. The second kappa shape index (κ2) is 3.01. The summed E-state index contributed by atoms with van der Waals surface area (Å²) in [5, 5.41) is 14.0. The van der Waals surface area contributed by atoms with E-state index in [1.54, 1.807) is 25.5 Å². The summed E-state index contributed by atoms with van der Waals surface area (Å²) in [7, 11) is 0.870. The maximum absolute atomic E-state index is 9.70. The Kier molecular flexibility index (Phi) is 1.98. The standard InChI is InChI=1S/C7H7BClN3O/c1-12-8(13)6-5(4-11-12)2-3-10-7(6)9/h2-4,13H,1H3. The van der Waals surface area contributed by atoms with Crippen LogP contribution in [0.5, 0.6) is 0 Å². The van der Waals surface area contributed by atoms with E-state index in [0.29, 0.717) is 10.6 Å². The molecule has 1 aromatic rings. The first-order valence-electron chi connectivity index (χ1n) is 3.79. The zero-order valence-electron chi connectivity index (χ0n) is 6.98. The van der Waals surface area contributed by atoms with Crippen molar-refractivity contribution < 1.29 is 5.02 Å². The number of hydrogen-bond donors (Lipinski definition) is 1. The molecule has 1 aliphatic heterocycles. The van der Waals surface area contributed by atoms with Gasteiger partial charge in [-0.2, -0.15) is 5.10 Å². The van der Waals surface area contributed by atoms with E-state index in [-0.39, 0.29) is 0 Å². The van der Waals surface area contributed by atoms with Crippen molar-refractivity contribution in [2.24, 2.45) is 5.10 Å². The van der Waals surface area contributed by atoms with Crippen LogP contribution in [0.15, 0.2) is 17.4 Å². The molecule has 2 rings (SSSR count). The predicted molar refractivity (Wildman–Crippen MR) is 52.2 cm³/mol. The quantitative estimate of drug-likeness (QED) is 0.457. The van der Waals surface area contributed by atoms with Crippen LogP contribution in [0.3, 0.4) is 0 Å². The van der Waals surface area contributed by atoms with Crippen LogP contribution in [0.4, 0.5) is 0 Å². The van der Waals surface area contributed by atoms with Crippen molar-refractivity contribution in [1.82, 2.24) is 9.90 Å². The lowest BCUT2D eigenvalue weighted by Crippen LogP contribution is -2.48. The largest absolute Gasteiger partial charge is 0.469 e. The molecule has 4 nitrogen and oxygen atoms in total. The monoisotopic (exact) mass is 195 g/mol. The average molecular weight is 195 g/mol. The molecule has 1 aromatic heterocycles. The van der Waals surface area contributed by atoms with E-state index in [9.17, 15) is 5.02 Å². The van der Waals surface area contributed by atoms with Gasteiger partial charge in [0.1, 0.15) is 5.15 Å². The van der Waals surface area contributed by atoms with Crippen molar-refractivity contribution in [1.29, 1.82) is 0 Å². The van der Waals surface area contributed by atoms with Crippen LogP contribution >= 0.6 is 11.6 Å². The highest BCUT2D eigenvalue weighted by atomic mass is 35.5. The molecule has 0 spiro atoms. The van der Waals surface area contributed by atoms with Gasteiger partial charge in [-0.1, -0.05) is 11.6 Å². The maximum atomic E-state index is 9.70. The third-order valence-electron chi connectivity index (χ3n) is 1.97. The third-order valence-corrected chi connectivity index (χ3v) is 2.27. The summed E-state index contributed by atoms with van der Waals surface area (Å²) in [6, 6.07) is 1.76. The van der Waals surface area contributed by atoms with Crippen LogP contribution in [0, 0.1) is 0 Å². The number of aromatic nitrogens is 1. The molecule has 0 aliphatic carbocycles. The molecular formula is C7H7BClN3O. The Hall–Kier alpha value is -1.07. The lowest BCUT2D eigenvalue weighted by Gasteiger charge is -2.22. The van der Waals surface area contributed by atoms with Gasteiger partial charge < -0.3 is 9.94 Å². The van der Waals surface area contributed by atoms with Gasteiger partial charge in [0, 0.05) is 18.7 Å². The van der Waals surface area contributed by atoms with Crippen LogP contribution in [-0.4, -0.2) is 35.2 Å². The van der Waals surface area contributed by atoms with E-state index in [1.165, 1.54) is 4.92 Å². The molecule has 6 heteroatoms. The number of pyridine rings is 1. The first-order valence-corrected chi connectivity index (χ1v) is 4.17. The van der Waals surface area contributed by atoms with Gasteiger partial charge in [0.2, 0.25) is 0 Å². The van der Waals surface area contributed by atoms with E-state index in [4.69, 9.17) is 11.6 Å². The Morgan fingerprint density at radius 1 is 1.62 bits per heavy atom. The summed E-state index contributed by atoms with van der Waals surface area (Å²) in [6.07, 6.45) is 3.24. The minimum Gasteiger partial charge on any atom is -0.428 e. The molecule has 0 radical (unpaired) electrons. The van der Waals surface area contributed by atoms with Crippen LogP contribution in [-0.2, 0) is 0 Å². The summed E-state index contributed by atoms with van der Waals surface area (Å²) in [5.41, 5.74) is 1.42. The molecule has 0 atom stereocenters. The van der Waals surface area contributed by atoms with E-state index in [2.05, 4.69) is 10.1 Å². The number of fused-ring (bicyclic) bond motifs is 1. The smallest absolute Gasteiger partial charge is 0.428 e. The van der Waals surface area contributed by atoms with Gasteiger partial charge in [-0.3, -0.25) is 0 Å². The van der Waals surface area contributed by atoms with Crippen molar-refractivity contribution in [3.05, 3.63) is 23.0 Å². The molecule has 0 aromatic carbocycles. The fraction of sp³-hybridized carbons (Fsp3) is 0.143. The normalized spacial score (nSPS) is 14.7. The van der Waals surface area contributed by atoms with Gasteiger partial charge in [0.05, 0.1) is 6.21 Å². The van der Waals surface area contributed by atoms with Crippen LogP contribution in [0.25, 0.3) is 0 Å². The minimum atomic E-state index is -0.804. The first-order chi connectivity index (χ1) is 6.20. The Bertz CT molecular complexity index is 371. The van der Waals surface area contributed by atoms with Crippen LogP contribution < -0.4 is 5.46 Å². The Labute approximate surface area is 81.0 Å². The number of halogens is 1. The van der Waals surface area contributed by atoms with Gasteiger partial charge in [0.25, 0.3) is 0 Å². The summed E-state index contributed by atoms with van der Waals surface area (Å²) in [4.78, 5) is 5.32. The van der Waals surface area contributed by atoms with Crippen LogP contribution in [0.1, 0.15) is 5.56 Å². The molecule has 2 heterocycles. The lowest BCUT2D eigenvalue weighted by atomic mass is 9.71. The number of hydrazone groups is 1. The Morgan fingerprint density at radius 2 is 2.38 bits per heavy atom. The summed E-state index contributed by atoms with van der Waals surface area (Å²) < 4.78 is 0. The first kappa shape index (κ1) is 8.53. The average Bonchev–Trinajstić information content (AvgIpc) is 2.12. The molecular weight excluding hydrogens is 188 g/mol. The van der Waals surface area contributed by atoms with Gasteiger partial charge in [-0.15, -0.1) is 0 Å². The highest BCUT2D eigenvalue weighted by Gasteiger charge is 2.29. The maximum Gasteiger partial charge on any atom is 0.469 e. The fourth-order valence-corrected chi connectivity index (χ4v) is 1.50. The van der Waals surface area contributed by atoms with E-state index in [1.807, 2.05) is 0 Å². The zero-order valence-corrected chi connectivity index (χ0v) is 7.73. The fourth-order valence-electron chi connectivity index (χ4n) is 1.23. The summed E-state index contributed by atoms with van der Waals surface area (Å²) >= 11 is 5.84. The van der Waals surface area contributed by atoms with Gasteiger partial charge in [0.15, 0.2) is 0 Å². The Morgan fingerprint density at radius 3 is 3.15 bits per heavy atom. The van der Waals surface area contributed by atoms with Crippen molar-refractivity contribution >= 4 is 30.3 Å². The van der Waals surface area contributed by atoms with Crippen molar-refractivity contribution in [2.75, 3.05) is 7.05 Å². The van der Waals surface area contributed by atoms with Gasteiger partial charge >= 0.3 is 7.05 Å². The topological polar surface area (TPSA) is 48.7 Å². The van der Waals surface area contributed by atoms with Crippen molar-refractivity contribution in [3.8, 4) is 0 Å². The molecule has 66 valence electrons. The SMILES string of the molecule is CN1N=Cc2ccnc(Cl)c2B1O. The number of rotatable bonds is 0. The molecule has 13 heavy (non-hydrogen) atoms. The predicted octanol–water partition coefficient (Wildman–Crippen LogP) is -0.298. The second-order valence-electron chi connectivity index (χ2n) is 2.80. The van der Waals surface area contributed by atoms with E-state index < -0.39 is 7.05 Å². The molecule has 0 bridgehead atoms. The summed E-state index contributed by atoms with van der Waals surface area (Å²) in [6.45, 7) is 0. The second-order valence-corrected chi connectivity index (χ2v) is 3.15. The van der Waals surface area contributed by atoms with Gasteiger partial charge in [-0.25, -0.2) is 4.98 Å². The molecule has 0 unspecified atom stereocenters. The number of nitrogens with zero attached hydrogens (tertiary/aromatic N) is 3. The molecule has 0 saturated carbocycles. The van der Waals surface area contributed by atoms with Crippen molar-refractivity contribution in [3.63, 3.8) is 0 Å². The third kappa shape index (κ3) is 1.30. The molecule has 1 aliphatic rings. The highest BCUT2D eigenvalue weighted by Crippen LogP contribution is 2.09.